The van der Waals surface area contributed by atoms with E-state index in [0.29, 0.717) is 22.8 Å². The Hall–Kier alpha value is -3.46. The third-order valence-electron chi connectivity index (χ3n) is 6.13. The largest absolute Gasteiger partial charge is 0.497 e. The number of anilines is 1. The number of rotatable bonds is 4. The van der Waals surface area contributed by atoms with Crippen LogP contribution in [-0.2, 0) is 16.2 Å². The van der Waals surface area contributed by atoms with Crippen molar-refractivity contribution in [2.45, 2.75) is 11.4 Å². The number of thioether (sulfide) groups is 1. The van der Waals surface area contributed by atoms with Crippen LogP contribution in [0.25, 0.3) is 0 Å². The summed E-state index contributed by atoms with van der Waals surface area (Å²) >= 11 is 1.23. The van der Waals surface area contributed by atoms with Gasteiger partial charge >= 0.3 is 0 Å². The minimum Gasteiger partial charge on any atom is -0.497 e. The molecule has 34 heavy (non-hydrogen) atoms. The fourth-order valence-electron chi connectivity index (χ4n) is 4.50. The molecule has 5 nitrogen and oxygen atoms in total. The zero-order valence-corrected chi connectivity index (χ0v) is 18.9. The highest BCUT2D eigenvalue weighted by Gasteiger charge is 2.60. The summed E-state index contributed by atoms with van der Waals surface area (Å²) in [6, 6.07) is 14.0. The minimum atomic E-state index is -1.51. The highest BCUT2D eigenvalue weighted by atomic mass is 32.2. The number of amides is 2. The van der Waals surface area contributed by atoms with Crippen LogP contribution in [-0.4, -0.2) is 36.1 Å². The van der Waals surface area contributed by atoms with Crippen molar-refractivity contribution >= 4 is 29.3 Å². The summed E-state index contributed by atoms with van der Waals surface area (Å²) in [6.45, 7) is -0.164. The van der Waals surface area contributed by atoms with Gasteiger partial charge in [0.05, 0.1) is 24.9 Å². The summed E-state index contributed by atoms with van der Waals surface area (Å²) in [4.78, 5) is 28.5. The van der Waals surface area contributed by atoms with Crippen LogP contribution in [0.5, 0.6) is 5.75 Å². The molecule has 0 saturated carbocycles. The second-order valence-electron chi connectivity index (χ2n) is 7.90. The zero-order chi connectivity index (χ0) is 24.0. The van der Waals surface area contributed by atoms with Gasteiger partial charge < -0.3 is 14.5 Å². The summed E-state index contributed by atoms with van der Waals surface area (Å²) < 4.78 is 48.7. The van der Waals surface area contributed by atoms with Crippen molar-refractivity contribution in [3.05, 3.63) is 94.8 Å². The second kappa shape index (κ2) is 8.39. The average molecular weight is 484 g/mol. The van der Waals surface area contributed by atoms with Gasteiger partial charge in [0.1, 0.15) is 23.2 Å². The van der Waals surface area contributed by atoms with E-state index in [1.807, 2.05) is 0 Å². The summed E-state index contributed by atoms with van der Waals surface area (Å²) in [5.41, 5.74) is 0.458. The SMILES string of the molecule is COc1ccc2c(c1)[C@]1(SCCN1C(=O)c1ccccc1F)C(=O)N2Cc1c(F)cccc1F. The third kappa shape index (κ3) is 3.26. The van der Waals surface area contributed by atoms with Gasteiger partial charge in [-0.2, -0.15) is 0 Å². The van der Waals surface area contributed by atoms with Gasteiger partial charge in [-0.3, -0.25) is 9.59 Å². The zero-order valence-electron chi connectivity index (χ0n) is 18.1. The number of carbonyl (C=O) groups is 2. The number of fused-ring (bicyclic) bond motifs is 2. The minimum absolute atomic E-state index is 0.153. The number of ether oxygens (including phenoxy) is 1. The van der Waals surface area contributed by atoms with Crippen LogP contribution >= 0.6 is 11.8 Å². The molecule has 2 heterocycles. The molecule has 1 spiro atoms. The van der Waals surface area contributed by atoms with E-state index < -0.39 is 34.1 Å². The van der Waals surface area contributed by atoms with E-state index in [4.69, 9.17) is 4.74 Å². The van der Waals surface area contributed by atoms with Crippen LogP contribution < -0.4 is 9.64 Å². The number of carbonyl (C=O) groups excluding carboxylic acids is 2. The maximum atomic E-state index is 14.5. The molecule has 5 rings (SSSR count). The lowest BCUT2D eigenvalue weighted by molar-refractivity contribution is -0.123. The van der Waals surface area contributed by atoms with Gasteiger partial charge in [-0.1, -0.05) is 18.2 Å². The highest BCUT2D eigenvalue weighted by molar-refractivity contribution is 8.01. The van der Waals surface area contributed by atoms with Crippen LogP contribution in [0.4, 0.5) is 18.9 Å². The predicted molar refractivity (Wildman–Crippen MR) is 122 cm³/mol. The predicted octanol–water partition coefficient (Wildman–Crippen LogP) is 4.70. The van der Waals surface area contributed by atoms with Crippen molar-refractivity contribution in [1.29, 1.82) is 0 Å². The Bertz CT molecular complexity index is 1300. The monoisotopic (exact) mass is 484 g/mol. The average Bonchev–Trinajstić information content (AvgIpc) is 3.37. The van der Waals surface area contributed by atoms with Crippen LogP contribution in [0.2, 0.25) is 0 Å². The van der Waals surface area contributed by atoms with Gasteiger partial charge in [0.2, 0.25) is 0 Å². The van der Waals surface area contributed by atoms with Crippen LogP contribution in [0.15, 0.2) is 60.7 Å². The molecule has 0 radical (unpaired) electrons. The molecule has 0 bridgehead atoms. The molecule has 2 aliphatic rings. The molecule has 0 aromatic heterocycles. The first-order valence-electron chi connectivity index (χ1n) is 10.5. The second-order valence-corrected chi connectivity index (χ2v) is 9.19. The van der Waals surface area contributed by atoms with Gasteiger partial charge in [0, 0.05) is 23.4 Å². The molecule has 1 saturated heterocycles. The Morgan fingerprint density at radius 3 is 2.44 bits per heavy atom. The molecule has 2 amide bonds. The Morgan fingerprint density at radius 1 is 1.03 bits per heavy atom. The fraction of sp³-hybridized carbons (Fsp3) is 0.200. The van der Waals surface area contributed by atoms with Crippen LogP contribution in [0.3, 0.4) is 0 Å². The van der Waals surface area contributed by atoms with E-state index >= 15 is 0 Å². The Morgan fingerprint density at radius 2 is 1.74 bits per heavy atom. The van der Waals surface area contributed by atoms with Gasteiger partial charge in [-0.15, -0.1) is 11.8 Å². The van der Waals surface area contributed by atoms with Crippen molar-refractivity contribution in [3.63, 3.8) is 0 Å². The number of methoxy groups -OCH3 is 1. The van der Waals surface area contributed by atoms with Gasteiger partial charge in [0.25, 0.3) is 11.8 Å². The van der Waals surface area contributed by atoms with E-state index in [9.17, 15) is 22.8 Å². The highest BCUT2D eigenvalue weighted by Crippen LogP contribution is 2.55. The summed E-state index contributed by atoms with van der Waals surface area (Å²) in [5, 5.41) is 0. The standard InChI is InChI=1S/C25H19F3N2O3S/c1-33-15-9-10-22-18(13-15)25(24(32)29(22)14-17-20(27)7-4-8-21(17)28)30(11-12-34-25)23(31)16-5-2-3-6-19(16)26/h2-10,13H,11-12,14H2,1H3/t25-/m0/s1. The van der Waals surface area contributed by atoms with Crippen LogP contribution in [0, 0.1) is 17.5 Å². The number of hydrogen-bond acceptors (Lipinski definition) is 4. The molecule has 3 aromatic carbocycles. The lowest BCUT2D eigenvalue weighted by Crippen LogP contribution is -2.50. The quantitative estimate of drug-likeness (QED) is 0.539. The first-order valence-corrected chi connectivity index (χ1v) is 11.5. The lowest BCUT2D eigenvalue weighted by atomic mass is 10.0. The Kier molecular flexibility index (Phi) is 5.51. The molecule has 0 unspecified atom stereocenters. The summed E-state index contributed by atoms with van der Waals surface area (Å²) in [7, 11) is 1.47. The van der Waals surface area contributed by atoms with Gasteiger partial charge in [0.15, 0.2) is 4.87 Å². The van der Waals surface area contributed by atoms with Crippen molar-refractivity contribution in [1.82, 2.24) is 4.90 Å². The molecule has 3 aromatic rings. The van der Waals surface area contributed by atoms with E-state index in [1.54, 1.807) is 24.3 Å². The molecule has 9 heteroatoms. The molecule has 1 fully saturated rings. The molecule has 0 N–H and O–H groups in total. The number of nitrogens with zero attached hydrogens (tertiary/aromatic N) is 2. The number of halogens is 3. The summed E-state index contributed by atoms with van der Waals surface area (Å²) in [6.07, 6.45) is 0. The van der Waals surface area contributed by atoms with Gasteiger partial charge in [-0.05, 0) is 42.5 Å². The molecular weight excluding hydrogens is 465 g/mol. The Balaban J connectivity index is 1.65. The van der Waals surface area contributed by atoms with E-state index in [-0.39, 0.29) is 24.2 Å². The fourth-order valence-corrected chi connectivity index (χ4v) is 5.95. The first kappa shape index (κ1) is 22.3. The lowest BCUT2D eigenvalue weighted by Gasteiger charge is -2.33. The summed E-state index contributed by atoms with van der Waals surface area (Å²) in [5.74, 6) is -2.53. The van der Waals surface area contributed by atoms with E-state index in [1.165, 1.54) is 52.9 Å². The van der Waals surface area contributed by atoms with Crippen molar-refractivity contribution < 1.29 is 27.5 Å². The third-order valence-corrected chi connectivity index (χ3v) is 7.55. The maximum absolute atomic E-state index is 14.5. The normalized spacial score (nSPS) is 19.1. The Labute approximate surface area is 198 Å². The smallest absolute Gasteiger partial charge is 0.268 e. The van der Waals surface area contributed by atoms with E-state index in [0.717, 1.165) is 12.1 Å². The molecular formula is C25H19F3N2O3S. The van der Waals surface area contributed by atoms with Crippen molar-refractivity contribution in [2.75, 3.05) is 24.3 Å². The van der Waals surface area contributed by atoms with Gasteiger partial charge in [-0.25, -0.2) is 13.2 Å². The molecule has 0 aliphatic carbocycles. The van der Waals surface area contributed by atoms with Crippen molar-refractivity contribution in [2.24, 2.45) is 0 Å². The van der Waals surface area contributed by atoms with E-state index in [2.05, 4.69) is 0 Å². The topological polar surface area (TPSA) is 49.9 Å². The molecule has 2 aliphatic heterocycles. The first-order chi connectivity index (χ1) is 16.4. The maximum Gasteiger partial charge on any atom is 0.268 e. The molecule has 1 atom stereocenters. The molecule has 174 valence electrons. The number of hydrogen-bond donors (Lipinski definition) is 0. The van der Waals surface area contributed by atoms with Crippen LogP contribution in [0.1, 0.15) is 21.5 Å². The van der Waals surface area contributed by atoms with Crippen molar-refractivity contribution in [3.8, 4) is 5.75 Å². The number of benzene rings is 3.